The predicted octanol–water partition coefficient (Wildman–Crippen LogP) is 2.04. The van der Waals surface area contributed by atoms with E-state index in [9.17, 15) is 0 Å². The molecule has 0 aromatic heterocycles. The molecule has 2 rings (SSSR count). The third-order valence-corrected chi connectivity index (χ3v) is 2.44. The Hall–Kier alpha value is -1.49. The van der Waals surface area contributed by atoms with Crippen molar-refractivity contribution in [1.82, 2.24) is 4.90 Å². The van der Waals surface area contributed by atoms with Gasteiger partial charge in [-0.2, -0.15) is 5.26 Å². The third kappa shape index (κ3) is 0.868. The van der Waals surface area contributed by atoms with Gasteiger partial charge in [-0.05, 0) is 18.1 Å². The molecule has 1 aliphatic rings. The van der Waals surface area contributed by atoms with Crippen molar-refractivity contribution >= 4 is 0 Å². The topological polar surface area (TPSA) is 27.0 Å². The Labute approximate surface area is 72.0 Å². The van der Waals surface area contributed by atoms with Crippen LogP contribution in [0.15, 0.2) is 24.3 Å². The molecule has 1 aliphatic heterocycles. The summed E-state index contributed by atoms with van der Waals surface area (Å²) in [4.78, 5) is 1.80. The second-order valence-corrected chi connectivity index (χ2v) is 3.10. The van der Waals surface area contributed by atoms with Gasteiger partial charge in [0.1, 0.15) is 0 Å². The Kier molecular flexibility index (Phi) is 1.51. The maximum Gasteiger partial charge on any atom is 0.180 e. The van der Waals surface area contributed by atoms with E-state index >= 15 is 0 Å². The first-order chi connectivity index (χ1) is 5.83. The van der Waals surface area contributed by atoms with Crippen molar-refractivity contribution in [2.45, 2.75) is 19.5 Å². The molecule has 1 aromatic rings. The van der Waals surface area contributed by atoms with Crippen LogP contribution >= 0.6 is 0 Å². The van der Waals surface area contributed by atoms with Crippen molar-refractivity contribution in [1.29, 1.82) is 5.26 Å². The molecule has 0 amide bonds. The zero-order chi connectivity index (χ0) is 8.55. The van der Waals surface area contributed by atoms with Crippen molar-refractivity contribution in [3.63, 3.8) is 0 Å². The van der Waals surface area contributed by atoms with E-state index in [1.807, 2.05) is 12.1 Å². The van der Waals surface area contributed by atoms with Gasteiger partial charge in [-0.15, -0.1) is 0 Å². The molecule has 1 aromatic carbocycles. The number of benzene rings is 1. The highest BCUT2D eigenvalue weighted by Crippen LogP contribution is 2.31. The minimum atomic E-state index is 0.256. The Balaban J connectivity index is 2.44. The Bertz CT molecular complexity index is 338. The number of nitriles is 1. The summed E-state index contributed by atoms with van der Waals surface area (Å²) in [5, 5.41) is 8.78. The smallest absolute Gasteiger partial charge is 0.180 e. The van der Waals surface area contributed by atoms with Crippen LogP contribution in [-0.4, -0.2) is 4.90 Å². The Morgan fingerprint density at radius 1 is 1.50 bits per heavy atom. The van der Waals surface area contributed by atoms with Gasteiger partial charge < -0.3 is 0 Å². The second kappa shape index (κ2) is 2.53. The zero-order valence-corrected chi connectivity index (χ0v) is 6.99. The molecule has 1 unspecified atom stereocenters. The van der Waals surface area contributed by atoms with Gasteiger partial charge in [0.05, 0.1) is 12.6 Å². The summed E-state index contributed by atoms with van der Waals surface area (Å²) in [6, 6.07) is 8.48. The Morgan fingerprint density at radius 3 is 2.92 bits per heavy atom. The molecule has 0 aliphatic carbocycles. The molecule has 60 valence electrons. The fourth-order valence-electron chi connectivity index (χ4n) is 1.70. The van der Waals surface area contributed by atoms with E-state index in [4.69, 9.17) is 5.26 Å². The number of fused-ring (bicyclic) bond motifs is 1. The van der Waals surface area contributed by atoms with Crippen LogP contribution in [0.4, 0.5) is 0 Å². The summed E-state index contributed by atoms with van der Waals surface area (Å²) >= 11 is 0. The maximum atomic E-state index is 8.78. The monoisotopic (exact) mass is 158 g/mol. The molecule has 0 saturated carbocycles. The number of rotatable bonds is 0. The van der Waals surface area contributed by atoms with E-state index < -0.39 is 0 Å². The average Bonchev–Trinajstić information content (AvgIpc) is 2.44. The highest BCUT2D eigenvalue weighted by molar-refractivity contribution is 5.34. The van der Waals surface area contributed by atoms with Crippen LogP contribution in [0.25, 0.3) is 0 Å². The van der Waals surface area contributed by atoms with Crippen LogP contribution in [0.3, 0.4) is 0 Å². The first-order valence-corrected chi connectivity index (χ1v) is 4.07. The van der Waals surface area contributed by atoms with E-state index in [1.54, 1.807) is 4.90 Å². The summed E-state index contributed by atoms with van der Waals surface area (Å²) in [6.45, 7) is 2.84. The fourth-order valence-corrected chi connectivity index (χ4v) is 1.70. The van der Waals surface area contributed by atoms with Crippen molar-refractivity contribution in [2.75, 3.05) is 0 Å². The van der Waals surface area contributed by atoms with E-state index in [0.29, 0.717) is 0 Å². The van der Waals surface area contributed by atoms with Crippen LogP contribution in [0.5, 0.6) is 0 Å². The molecule has 0 N–H and O–H groups in total. The predicted molar refractivity (Wildman–Crippen MR) is 46.0 cm³/mol. The number of hydrogen-bond donors (Lipinski definition) is 0. The average molecular weight is 158 g/mol. The largest absolute Gasteiger partial charge is 0.299 e. The first kappa shape index (κ1) is 7.17. The molecule has 2 heteroatoms. The molecule has 12 heavy (non-hydrogen) atoms. The number of hydrogen-bond acceptors (Lipinski definition) is 2. The maximum absolute atomic E-state index is 8.78. The van der Waals surface area contributed by atoms with Crippen molar-refractivity contribution in [3.8, 4) is 6.19 Å². The van der Waals surface area contributed by atoms with Gasteiger partial charge >= 0.3 is 0 Å². The Morgan fingerprint density at radius 2 is 2.25 bits per heavy atom. The summed E-state index contributed by atoms with van der Waals surface area (Å²) < 4.78 is 0. The van der Waals surface area contributed by atoms with Gasteiger partial charge in [-0.25, -0.2) is 0 Å². The lowest BCUT2D eigenvalue weighted by Crippen LogP contribution is -2.12. The van der Waals surface area contributed by atoms with Gasteiger partial charge in [0.15, 0.2) is 6.19 Å². The molecule has 0 radical (unpaired) electrons. The van der Waals surface area contributed by atoms with Crippen LogP contribution < -0.4 is 0 Å². The van der Waals surface area contributed by atoms with Crippen LogP contribution in [0, 0.1) is 11.5 Å². The van der Waals surface area contributed by atoms with Crippen molar-refractivity contribution in [2.24, 2.45) is 0 Å². The fraction of sp³-hybridized carbons (Fsp3) is 0.300. The highest BCUT2D eigenvalue weighted by atomic mass is 15.2. The summed E-state index contributed by atoms with van der Waals surface area (Å²) in [5.74, 6) is 0. The molecular formula is C10H10N2. The molecule has 0 bridgehead atoms. The van der Waals surface area contributed by atoms with E-state index in [-0.39, 0.29) is 6.04 Å². The summed E-state index contributed by atoms with van der Waals surface area (Å²) in [6.07, 6.45) is 2.19. The standard InChI is InChI=1S/C10H10N2/c1-8-10-5-3-2-4-9(10)6-12(8)7-11/h2-5,8H,6H2,1H3. The highest BCUT2D eigenvalue weighted by Gasteiger charge is 2.24. The lowest BCUT2D eigenvalue weighted by molar-refractivity contribution is 0.342. The minimum absolute atomic E-state index is 0.256. The lowest BCUT2D eigenvalue weighted by Gasteiger charge is -2.12. The summed E-state index contributed by atoms with van der Waals surface area (Å²) in [5.41, 5.74) is 2.57. The molecule has 1 atom stereocenters. The first-order valence-electron chi connectivity index (χ1n) is 4.07. The van der Waals surface area contributed by atoms with Crippen LogP contribution in [-0.2, 0) is 6.54 Å². The molecule has 0 saturated heterocycles. The number of nitrogens with zero attached hydrogens (tertiary/aromatic N) is 2. The van der Waals surface area contributed by atoms with Crippen molar-refractivity contribution < 1.29 is 0 Å². The summed E-state index contributed by atoms with van der Waals surface area (Å²) in [7, 11) is 0. The lowest BCUT2D eigenvalue weighted by atomic mass is 10.1. The molecule has 2 nitrogen and oxygen atoms in total. The van der Waals surface area contributed by atoms with Crippen LogP contribution in [0.2, 0.25) is 0 Å². The SMILES string of the molecule is CC1c2ccccc2CN1C#N. The molecule has 0 fully saturated rings. The quantitative estimate of drug-likeness (QED) is 0.540. The normalized spacial score (nSPS) is 20.3. The third-order valence-electron chi connectivity index (χ3n) is 2.44. The second-order valence-electron chi connectivity index (χ2n) is 3.10. The molecule has 0 spiro atoms. The van der Waals surface area contributed by atoms with Crippen molar-refractivity contribution in [3.05, 3.63) is 35.4 Å². The molecule has 1 heterocycles. The molecular weight excluding hydrogens is 148 g/mol. The van der Waals surface area contributed by atoms with Gasteiger partial charge in [0, 0.05) is 0 Å². The van der Waals surface area contributed by atoms with Gasteiger partial charge in [-0.1, -0.05) is 24.3 Å². The van der Waals surface area contributed by atoms with Gasteiger partial charge in [0.25, 0.3) is 0 Å². The minimum Gasteiger partial charge on any atom is -0.299 e. The van der Waals surface area contributed by atoms with E-state index in [1.165, 1.54) is 11.1 Å². The van der Waals surface area contributed by atoms with E-state index in [0.717, 1.165) is 6.54 Å². The zero-order valence-electron chi connectivity index (χ0n) is 6.99. The van der Waals surface area contributed by atoms with Gasteiger partial charge in [0.2, 0.25) is 0 Å². The van der Waals surface area contributed by atoms with E-state index in [2.05, 4.69) is 25.2 Å². The van der Waals surface area contributed by atoms with Crippen LogP contribution in [0.1, 0.15) is 24.1 Å². The van der Waals surface area contributed by atoms with Gasteiger partial charge in [-0.3, -0.25) is 4.90 Å².